The van der Waals surface area contributed by atoms with Crippen LogP contribution in [0.1, 0.15) is 42.7 Å². The number of hydrogen-bond donors (Lipinski definition) is 1. The van der Waals surface area contributed by atoms with Gasteiger partial charge in [0.25, 0.3) is 0 Å². The Hall–Kier alpha value is -2.29. The zero-order chi connectivity index (χ0) is 15.4. The van der Waals surface area contributed by atoms with E-state index in [1.54, 1.807) is 6.07 Å². The summed E-state index contributed by atoms with van der Waals surface area (Å²) in [5.74, 6) is 1.31. The number of Topliss-reactive ketones (excluding diaryl/α,β-unsaturated/α-hetero) is 1. The molecule has 1 unspecified atom stereocenters. The smallest absolute Gasteiger partial charge is 0.133 e. The molecule has 22 heavy (non-hydrogen) atoms. The van der Waals surface area contributed by atoms with E-state index in [9.17, 15) is 9.90 Å². The molecule has 0 saturated heterocycles. The van der Waals surface area contributed by atoms with Gasteiger partial charge in [-0.05, 0) is 36.0 Å². The summed E-state index contributed by atoms with van der Waals surface area (Å²) in [7, 11) is 0. The molecule has 2 aromatic rings. The van der Waals surface area contributed by atoms with Crippen LogP contribution in [0.5, 0.6) is 11.5 Å². The molecule has 1 saturated carbocycles. The van der Waals surface area contributed by atoms with Crippen molar-refractivity contribution in [2.45, 2.75) is 38.2 Å². The maximum Gasteiger partial charge on any atom is 0.133 e. The molecular formula is C19H20O3. The van der Waals surface area contributed by atoms with Gasteiger partial charge in [-0.15, -0.1) is 0 Å². The van der Waals surface area contributed by atoms with Crippen LogP contribution < -0.4 is 4.74 Å². The van der Waals surface area contributed by atoms with E-state index < -0.39 is 0 Å². The lowest BCUT2D eigenvalue weighted by Gasteiger charge is -2.22. The lowest BCUT2D eigenvalue weighted by Crippen LogP contribution is -2.13. The molecule has 0 aliphatic heterocycles. The highest BCUT2D eigenvalue weighted by atomic mass is 16.5. The first-order valence-electron chi connectivity index (χ1n) is 7.74. The van der Waals surface area contributed by atoms with Gasteiger partial charge in [0.2, 0.25) is 0 Å². The van der Waals surface area contributed by atoms with Gasteiger partial charge in [0.05, 0.1) is 0 Å². The van der Waals surface area contributed by atoms with Crippen LogP contribution in [0.15, 0.2) is 48.5 Å². The first-order valence-corrected chi connectivity index (χ1v) is 7.74. The molecule has 0 spiro atoms. The van der Waals surface area contributed by atoms with E-state index in [-0.39, 0.29) is 11.7 Å². The van der Waals surface area contributed by atoms with Gasteiger partial charge in [-0.2, -0.15) is 0 Å². The van der Waals surface area contributed by atoms with Gasteiger partial charge in [-0.3, -0.25) is 4.79 Å². The molecule has 1 atom stereocenters. The second-order valence-electron chi connectivity index (χ2n) is 5.83. The van der Waals surface area contributed by atoms with Crippen LogP contribution in [-0.4, -0.2) is 10.9 Å². The first-order chi connectivity index (χ1) is 10.7. The molecule has 3 rings (SSSR count). The Morgan fingerprint density at radius 1 is 1.14 bits per heavy atom. The summed E-state index contributed by atoms with van der Waals surface area (Å²) < 4.78 is 5.71. The number of phenolic OH excluding ortho intramolecular Hbond substituents is 1. The van der Waals surface area contributed by atoms with Crippen molar-refractivity contribution in [1.29, 1.82) is 0 Å². The maximum atomic E-state index is 11.6. The Balaban J connectivity index is 1.68. The number of rotatable bonds is 4. The SMILES string of the molecule is O=C1CCCC(c2ccc(OCc3ccccc3)cc2O)C1. The average Bonchev–Trinajstić information content (AvgIpc) is 2.54. The molecule has 0 amide bonds. The lowest BCUT2D eigenvalue weighted by molar-refractivity contribution is -0.120. The zero-order valence-electron chi connectivity index (χ0n) is 12.5. The van der Waals surface area contributed by atoms with Crippen LogP contribution in [0, 0.1) is 0 Å². The fourth-order valence-electron chi connectivity index (χ4n) is 2.99. The van der Waals surface area contributed by atoms with Crippen LogP contribution in [-0.2, 0) is 11.4 Å². The summed E-state index contributed by atoms with van der Waals surface area (Å²) in [4.78, 5) is 11.6. The molecule has 2 aromatic carbocycles. The van der Waals surface area contributed by atoms with Gasteiger partial charge in [0.1, 0.15) is 23.9 Å². The van der Waals surface area contributed by atoms with Crippen molar-refractivity contribution >= 4 is 5.78 Å². The van der Waals surface area contributed by atoms with Gasteiger partial charge in [0.15, 0.2) is 0 Å². The van der Waals surface area contributed by atoms with E-state index in [1.165, 1.54) is 0 Å². The number of carbonyl (C=O) groups excluding carboxylic acids is 1. The van der Waals surface area contributed by atoms with Gasteiger partial charge in [-0.1, -0.05) is 36.4 Å². The number of aromatic hydroxyl groups is 1. The standard InChI is InChI=1S/C19H20O3/c20-16-8-4-7-15(11-16)18-10-9-17(12-19(18)21)22-13-14-5-2-1-3-6-14/h1-3,5-6,9-10,12,15,21H,4,7-8,11,13H2. The van der Waals surface area contributed by atoms with Crippen molar-refractivity contribution in [3.8, 4) is 11.5 Å². The second kappa shape index (κ2) is 6.65. The Kier molecular flexibility index (Phi) is 4.42. The molecule has 1 aliphatic rings. The molecule has 114 valence electrons. The fourth-order valence-corrected chi connectivity index (χ4v) is 2.99. The van der Waals surface area contributed by atoms with Crippen molar-refractivity contribution in [1.82, 2.24) is 0 Å². The third kappa shape index (κ3) is 3.48. The first kappa shape index (κ1) is 14.6. The minimum atomic E-state index is 0.143. The molecule has 3 heteroatoms. The largest absolute Gasteiger partial charge is 0.508 e. The Bertz CT molecular complexity index is 649. The monoisotopic (exact) mass is 296 g/mol. The molecule has 1 fully saturated rings. The average molecular weight is 296 g/mol. The highest BCUT2D eigenvalue weighted by Gasteiger charge is 2.23. The molecule has 0 radical (unpaired) electrons. The Morgan fingerprint density at radius 2 is 1.95 bits per heavy atom. The lowest BCUT2D eigenvalue weighted by atomic mass is 9.83. The zero-order valence-corrected chi connectivity index (χ0v) is 12.5. The molecule has 1 aliphatic carbocycles. The molecule has 1 N–H and O–H groups in total. The normalized spacial score (nSPS) is 18.2. The highest BCUT2D eigenvalue weighted by molar-refractivity contribution is 5.80. The highest BCUT2D eigenvalue weighted by Crippen LogP contribution is 2.37. The van der Waals surface area contributed by atoms with E-state index >= 15 is 0 Å². The van der Waals surface area contributed by atoms with Crippen LogP contribution >= 0.6 is 0 Å². The van der Waals surface area contributed by atoms with Crippen LogP contribution in [0.4, 0.5) is 0 Å². The summed E-state index contributed by atoms with van der Waals surface area (Å²) in [5.41, 5.74) is 1.95. The molecular weight excluding hydrogens is 276 g/mol. The fraction of sp³-hybridized carbons (Fsp3) is 0.316. The second-order valence-corrected chi connectivity index (χ2v) is 5.83. The van der Waals surface area contributed by atoms with Crippen LogP contribution in [0.25, 0.3) is 0 Å². The number of ether oxygens (including phenoxy) is 1. The minimum Gasteiger partial charge on any atom is -0.508 e. The number of carbonyl (C=O) groups is 1. The van der Waals surface area contributed by atoms with E-state index in [0.29, 0.717) is 31.0 Å². The minimum absolute atomic E-state index is 0.143. The predicted molar refractivity (Wildman–Crippen MR) is 85.1 cm³/mol. The van der Waals surface area contributed by atoms with E-state index in [2.05, 4.69) is 0 Å². The topological polar surface area (TPSA) is 46.5 Å². The van der Waals surface area contributed by atoms with E-state index in [1.807, 2.05) is 42.5 Å². The maximum absolute atomic E-state index is 11.6. The molecule has 0 bridgehead atoms. The van der Waals surface area contributed by atoms with Crippen molar-refractivity contribution in [3.05, 3.63) is 59.7 Å². The van der Waals surface area contributed by atoms with Crippen molar-refractivity contribution in [2.24, 2.45) is 0 Å². The van der Waals surface area contributed by atoms with E-state index in [0.717, 1.165) is 24.0 Å². The van der Waals surface area contributed by atoms with Crippen molar-refractivity contribution in [2.75, 3.05) is 0 Å². The van der Waals surface area contributed by atoms with Crippen molar-refractivity contribution in [3.63, 3.8) is 0 Å². The molecule has 0 aromatic heterocycles. The third-order valence-electron chi connectivity index (χ3n) is 4.17. The number of benzene rings is 2. The molecule has 3 nitrogen and oxygen atoms in total. The summed E-state index contributed by atoms with van der Waals surface area (Å²) >= 11 is 0. The summed E-state index contributed by atoms with van der Waals surface area (Å²) in [6, 6.07) is 15.3. The van der Waals surface area contributed by atoms with Crippen LogP contribution in [0.3, 0.4) is 0 Å². The third-order valence-corrected chi connectivity index (χ3v) is 4.17. The quantitative estimate of drug-likeness (QED) is 0.920. The number of phenols is 1. The summed E-state index contributed by atoms with van der Waals surface area (Å²) in [5, 5.41) is 10.2. The number of ketones is 1. The van der Waals surface area contributed by atoms with E-state index in [4.69, 9.17) is 4.74 Å². The Labute approximate surface area is 130 Å². The van der Waals surface area contributed by atoms with Crippen LogP contribution in [0.2, 0.25) is 0 Å². The number of hydrogen-bond acceptors (Lipinski definition) is 3. The Morgan fingerprint density at radius 3 is 2.68 bits per heavy atom. The van der Waals surface area contributed by atoms with Crippen molar-refractivity contribution < 1.29 is 14.6 Å². The molecule has 0 heterocycles. The predicted octanol–water partition coefficient (Wildman–Crippen LogP) is 4.20. The van der Waals surface area contributed by atoms with Gasteiger partial charge in [0, 0.05) is 18.9 Å². The van der Waals surface area contributed by atoms with Gasteiger partial charge >= 0.3 is 0 Å². The van der Waals surface area contributed by atoms with Gasteiger partial charge in [-0.25, -0.2) is 0 Å². The summed E-state index contributed by atoms with van der Waals surface area (Å²) in [6.45, 7) is 0.474. The van der Waals surface area contributed by atoms with Gasteiger partial charge < -0.3 is 9.84 Å². The summed E-state index contributed by atoms with van der Waals surface area (Å²) in [6.07, 6.45) is 3.09.